The molecule has 0 fully saturated rings. The zero-order valence-electron chi connectivity index (χ0n) is 14.4. The average Bonchev–Trinajstić information content (AvgIpc) is 3.29. The third kappa shape index (κ3) is 5.12. The van der Waals surface area contributed by atoms with E-state index in [0.717, 1.165) is 26.5 Å². The summed E-state index contributed by atoms with van der Waals surface area (Å²) in [6.07, 6.45) is 1.67. The molecule has 1 atom stereocenters. The number of para-hydroxylation sites is 1. The van der Waals surface area contributed by atoms with Crippen LogP contribution in [-0.4, -0.2) is 23.5 Å². The van der Waals surface area contributed by atoms with Gasteiger partial charge in [-0.2, -0.15) is 0 Å². The topological polar surface area (TPSA) is 68.3 Å². The molecular formula is C19H20N2O3S2. The molecule has 0 radical (unpaired) electrons. The van der Waals surface area contributed by atoms with Crippen LogP contribution >= 0.6 is 22.7 Å². The zero-order chi connectivity index (χ0) is 18.4. The number of amides is 1. The van der Waals surface area contributed by atoms with Crippen molar-refractivity contribution in [1.82, 2.24) is 10.3 Å². The summed E-state index contributed by atoms with van der Waals surface area (Å²) in [5.41, 5.74) is 0.992. The van der Waals surface area contributed by atoms with Gasteiger partial charge in [0.1, 0.15) is 0 Å². The predicted octanol–water partition coefficient (Wildman–Crippen LogP) is 4.10. The van der Waals surface area contributed by atoms with E-state index in [1.165, 1.54) is 0 Å². The molecule has 26 heavy (non-hydrogen) atoms. The molecule has 0 unspecified atom stereocenters. The first-order valence-corrected chi connectivity index (χ1v) is 10.1. The fraction of sp³-hybridized carbons (Fsp3) is 0.316. The Morgan fingerprint density at radius 3 is 2.85 bits per heavy atom. The second-order valence-electron chi connectivity index (χ2n) is 5.89. The Hall–Kier alpha value is -2.25. The van der Waals surface area contributed by atoms with Crippen molar-refractivity contribution in [2.75, 3.05) is 6.61 Å². The standard InChI is InChI=1S/C19H20N2O3S2/c1-13(15-8-5-11-25-15)20-17(22)12-24-19(23)10-4-9-18-21-14-6-2-3-7-16(14)26-18/h2-3,5-8,11,13H,4,9-10,12H2,1H3,(H,20,22)/t13-/m1/s1. The van der Waals surface area contributed by atoms with Crippen molar-refractivity contribution in [3.63, 3.8) is 0 Å². The van der Waals surface area contributed by atoms with Crippen LogP contribution in [0.3, 0.4) is 0 Å². The van der Waals surface area contributed by atoms with Gasteiger partial charge < -0.3 is 10.1 Å². The Labute approximate surface area is 160 Å². The van der Waals surface area contributed by atoms with Crippen molar-refractivity contribution >= 4 is 44.8 Å². The van der Waals surface area contributed by atoms with Crippen LogP contribution < -0.4 is 5.32 Å². The summed E-state index contributed by atoms with van der Waals surface area (Å²) >= 11 is 3.23. The molecule has 0 saturated carbocycles. The molecule has 0 saturated heterocycles. The van der Waals surface area contributed by atoms with Gasteiger partial charge in [0.2, 0.25) is 0 Å². The average molecular weight is 389 g/mol. The van der Waals surface area contributed by atoms with Crippen LogP contribution in [0, 0.1) is 0 Å². The first-order valence-electron chi connectivity index (χ1n) is 8.44. The molecule has 1 N–H and O–H groups in total. The Kier molecular flexibility index (Phi) is 6.35. The van der Waals surface area contributed by atoms with Crippen molar-refractivity contribution in [3.8, 4) is 0 Å². The van der Waals surface area contributed by atoms with E-state index in [0.29, 0.717) is 6.42 Å². The van der Waals surface area contributed by atoms with E-state index < -0.39 is 0 Å². The van der Waals surface area contributed by atoms with Crippen molar-refractivity contribution in [2.45, 2.75) is 32.2 Å². The van der Waals surface area contributed by atoms with Gasteiger partial charge in [0, 0.05) is 11.3 Å². The first-order chi connectivity index (χ1) is 12.6. The van der Waals surface area contributed by atoms with E-state index in [1.807, 2.05) is 48.7 Å². The van der Waals surface area contributed by atoms with E-state index in [9.17, 15) is 9.59 Å². The third-order valence-corrected chi connectivity index (χ3v) is 5.97. The Morgan fingerprint density at radius 1 is 1.23 bits per heavy atom. The second-order valence-corrected chi connectivity index (χ2v) is 7.99. The summed E-state index contributed by atoms with van der Waals surface area (Å²) in [6, 6.07) is 11.8. The van der Waals surface area contributed by atoms with Crippen molar-refractivity contribution in [2.24, 2.45) is 0 Å². The largest absolute Gasteiger partial charge is 0.456 e. The number of carbonyl (C=O) groups excluding carboxylic acids is 2. The molecule has 0 aliphatic rings. The van der Waals surface area contributed by atoms with Crippen LogP contribution in [0.25, 0.3) is 10.2 Å². The number of thiophene rings is 1. The maximum absolute atomic E-state index is 11.9. The van der Waals surface area contributed by atoms with E-state index in [2.05, 4.69) is 10.3 Å². The van der Waals surface area contributed by atoms with Gasteiger partial charge in [-0.15, -0.1) is 22.7 Å². The van der Waals surface area contributed by atoms with Gasteiger partial charge in [-0.1, -0.05) is 18.2 Å². The summed E-state index contributed by atoms with van der Waals surface area (Å²) in [4.78, 5) is 29.3. The lowest BCUT2D eigenvalue weighted by atomic mass is 10.2. The highest BCUT2D eigenvalue weighted by molar-refractivity contribution is 7.18. The number of nitrogens with zero attached hydrogens (tertiary/aromatic N) is 1. The summed E-state index contributed by atoms with van der Waals surface area (Å²) in [5.74, 6) is -0.643. The zero-order valence-corrected chi connectivity index (χ0v) is 16.1. The van der Waals surface area contributed by atoms with Crippen LogP contribution in [-0.2, 0) is 20.7 Å². The van der Waals surface area contributed by atoms with Crippen LogP contribution in [0.15, 0.2) is 41.8 Å². The van der Waals surface area contributed by atoms with Crippen molar-refractivity contribution in [3.05, 3.63) is 51.7 Å². The van der Waals surface area contributed by atoms with Gasteiger partial charge in [-0.25, -0.2) is 4.98 Å². The molecule has 5 nitrogen and oxygen atoms in total. The Morgan fingerprint density at radius 2 is 2.08 bits per heavy atom. The molecule has 0 bridgehead atoms. The molecule has 2 heterocycles. The smallest absolute Gasteiger partial charge is 0.306 e. The highest BCUT2D eigenvalue weighted by atomic mass is 32.1. The fourth-order valence-electron chi connectivity index (χ4n) is 2.52. The number of fused-ring (bicyclic) bond motifs is 1. The first kappa shape index (κ1) is 18.5. The second kappa shape index (κ2) is 8.91. The predicted molar refractivity (Wildman–Crippen MR) is 104 cm³/mol. The van der Waals surface area contributed by atoms with Gasteiger partial charge in [0.05, 0.1) is 21.3 Å². The summed E-state index contributed by atoms with van der Waals surface area (Å²) in [5, 5.41) is 5.80. The van der Waals surface area contributed by atoms with Crippen LogP contribution in [0.4, 0.5) is 0 Å². The Bertz CT molecular complexity index is 841. The minimum absolute atomic E-state index is 0.0831. The molecule has 1 aromatic carbocycles. The number of aryl methyl sites for hydroxylation is 1. The number of esters is 1. The lowest BCUT2D eigenvalue weighted by molar-refractivity contribution is -0.148. The van der Waals surface area contributed by atoms with E-state index in [1.54, 1.807) is 22.7 Å². The molecule has 0 aliphatic carbocycles. The number of aromatic nitrogens is 1. The van der Waals surface area contributed by atoms with Crippen LogP contribution in [0.1, 0.15) is 35.7 Å². The van der Waals surface area contributed by atoms with E-state index in [-0.39, 0.29) is 30.9 Å². The lowest BCUT2D eigenvalue weighted by Gasteiger charge is -2.12. The number of rotatable bonds is 8. The number of hydrogen-bond acceptors (Lipinski definition) is 6. The molecule has 136 valence electrons. The number of thiazole rings is 1. The van der Waals surface area contributed by atoms with Gasteiger partial charge in [-0.3, -0.25) is 9.59 Å². The molecule has 1 amide bonds. The van der Waals surface area contributed by atoms with E-state index >= 15 is 0 Å². The minimum atomic E-state index is -0.356. The van der Waals surface area contributed by atoms with Gasteiger partial charge in [-0.05, 0) is 43.3 Å². The van der Waals surface area contributed by atoms with Crippen LogP contribution in [0.2, 0.25) is 0 Å². The molecule has 7 heteroatoms. The molecular weight excluding hydrogens is 368 g/mol. The molecule has 3 rings (SSSR count). The van der Waals surface area contributed by atoms with Gasteiger partial charge >= 0.3 is 5.97 Å². The van der Waals surface area contributed by atoms with E-state index in [4.69, 9.17) is 4.74 Å². The number of ether oxygens (including phenoxy) is 1. The number of benzene rings is 1. The quantitative estimate of drug-likeness (QED) is 0.590. The molecule has 2 aromatic heterocycles. The number of nitrogens with one attached hydrogen (secondary N) is 1. The maximum atomic E-state index is 11.9. The molecule has 3 aromatic rings. The summed E-state index contributed by atoms with van der Waals surface area (Å²) in [7, 11) is 0. The number of hydrogen-bond donors (Lipinski definition) is 1. The van der Waals surface area contributed by atoms with Gasteiger partial charge in [0.15, 0.2) is 6.61 Å². The molecule has 0 aliphatic heterocycles. The maximum Gasteiger partial charge on any atom is 0.306 e. The SMILES string of the molecule is C[C@@H](NC(=O)COC(=O)CCCc1nc2ccccc2s1)c1cccs1. The highest BCUT2D eigenvalue weighted by Gasteiger charge is 2.13. The third-order valence-electron chi connectivity index (χ3n) is 3.82. The van der Waals surface area contributed by atoms with Crippen molar-refractivity contribution in [1.29, 1.82) is 0 Å². The highest BCUT2D eigenvalue weighted by Crippen LogP contribution is 2.22. The number of carbonyl (C=O) groups is 2. The minimum Gasteiger partial charge on any atom is -0.456 e. The summed E-state index contributed by atoms with van der Waals surface area (Å²) in [6.45, 7) is 1.67. The van der Waals surface area contributed by atoms with Crippen molar-refractivity contribution < 1.29 is 14.3 Å². The van der Waals surface area contributed by atoms with Gasteiger partial charge in [0.25, 0.3) is 5.91 Å². The summed E-state index contributed by atoms with van der Waals surface area (Å²) < 4.78 is 6.21. The monoisotopic (exact) mass is 388 g/mol. The van der Waals surface area contributed by atoms with Crippen LogP contribution in [0.5, 0.6) is 0 Å². The normalized spacial score (nSPS) is 12.0. The molecule has 0 spiro atoms. The lowest BCUT2D eigenvalue weighted by Crippen LogP contribution is -2.30. The Balaban J connectivity index is 1.35. The fourth-order valence-corrected chi connectivity index (χ4v) is 4.26.